The molecule has 0 aromatic rings. The number of hydrogen-bond donors (Lipinski definition) is 0. The van der Waals surface area contributed by atoms with Gasteiger partial charge < -0.3 is 4.74 Å². The van der Waals surface area contributed by atoms with Crippen LogP contribution in [0.2, 0.25) is 0 Å². The van der Waals surface area contributed by atoms with Gasteiger partial charge in [-0.1, -0.05) is 0 Å². The summed E-state index contributed by atoms with van der Waals surface area (Å²) in [5, 5.41) is 0. The highest BCUT2D eigenvalue weighted by Crippen LogP contribution is 2.39. The number of rotatable bonds is 1. The predicted octanol–water partition coefficient (Wildman–Crippen LogP) is 1.59. The normalized spacial score (nSPS) is 28.5. The van der Waals surface area contributed by atoms with Gasteiger partial charge in [-0.15, -0.1) is 0 Å². The lowest BCUT2D eigenvalue weighted by molar-refractivity contribution is -0.146. The first-order valence-electron chi connectivity index (χ1n) is 3.51. The Labute approximate surface area is 63.5 Å². The molecule has 0 spiro atoms. The van der Waals surface area contributed by atoms with Crippen LogP contribution in [0.25, 0.3) is 0 Å². The van der Waals surface area contributed by atoms with Gasteiger partial charge in [-0.2, -0.15) is 0 Å². The van der Waals surface area contributed by atoms with Crippen LogP contribution in [0.3, 0.4) is 0 Å². The molecule has 0 aromatic carbocycles. The molecule has 0 radical (unpaired) electrons. The van der Waals surface area contributed by atoms with Crippen LogP contribution in [-0.4, -0.2) is 19.0 Å². The third-order valence-corrected chi connectivity index (χ3v) is 1.94. The van der Waals surface area contributed by atoms with Crippen LogP contribution < -0.4 is 0 Å². The van der Waals surface area contributed by atoms with E-state index in [-0.39, 0.29) is 19.3 Å². The van der Waals surface area contributed by atoms with Gasteiger partial charge in [0.15, 0.2) is 0 Å². The highest BCUT2D eigenvalue weighted by atomic mass is 19.3. The molecule has 0 aliphatic heterocycles. The van der Waals surface area contributed by atoms with Crippen molar-refractivity contribution in [2.75, 3.05) is 7.11 Å². The zero-order valence-electron chi connectivity index (χ0n) is 6.27. The van der Waals surface area contributed by atoms with Gasteiger partial charge >= 0.3 is 5.97 Å². The van der Waals surface area contributed by atoms with Gasteiger partial charge in [0.1, 0.15) is 0 Å². The fourth-order valence-corrected chi connectivity index (χ4v) is 1.32. The standard InChI is InChI=1S/C7H10F2O2/c1-11-6(10)5-2-3-7(8,9)4-5/h5H,2-4H2,1H3. The van der Waals surface area contributed by atoms with Crippen molar-refractivity contribution in [3.63, 3.8) is 0 Å². The highest BCUT2D eigenvalue weighted by molar-refractivity contribution is 5.72. The zero-order chi connectivity index (χ0) is 8.48. The third-order valence-electron chi connectivity index (χ3n) is 1.94. The Bertz CT molecular complexity index is 168. The maximum absolute atomic E-state index is 12.5. The summed E-state index contributed by atoms with van der Waals surface area (Å²) < 4.78 is 29.3. The summed E-state index contributed by atoms with van der Waals surface area (Å²) in [6.45, 7) is 0. The van der Waals surface area contributed by atoms with Gasteiger partial charge in [0.05, 0.1) is 13.0 Å². The second-order valence-electron chi connectivity index (χ2n) is 2.82. The monoisotopic (exact) mass is 164 g/mol. The maximum atomic E-state index is 12.5. The summed E-state index contributed by atoms with van der Waals surface area (Å²) >= 11 is 0. The van der Waals surface area contributed by atoms with Crippen molar-refractivity contribution in [1.29, 1.82) is 0 Å². The first-order chi connectivity index (χ1) is 5.05. The summed E-state index contributed by atoms with van der Waals surface area (Å²) in [6.07, 6.45) is -0.286. The smallest absolute Gasteiger partial charge is 0.308 e. The van der Waals surface area contributed by atoms with Crippen molar-refractivity contribution in [1.82, 2.24) is 0 Å². The summed E-state index contributed by atoms with van der Waals surface area (Å²) in [7, 11) is 1.22. The average molecular weight is 164 g/mol. The van der Waals surface area contributed by atoms with E-state index in [0.29, 0.717) is 0 Å². The molecule has 0 bridgehead atoms. The molecule has 11 heavy (non-hydrogen) atoms. The minimum atomic E-state index is -2.65. The van der Waals surface area contributed by atoms with E-state index in [0.717, 1.165) is 0 Å². The van der Waals surface area contributed by atoms with Crippen molar-refractivity contribution in [3.8, 4) is 0 Å². The van der Waals surface area contributed by atoms with E-state index in [9.17, 15) is 13.6 Å². The molecule has 0 saturated heterocycles. The van der Waals surface area contributed by atoms with Crippen molar-refractivity contribution in [2.45, 2.75) is 25.2 Å². The van der Waals surface area contributed by atoms with Crippen LogP contribution >= 0.6 is 0 Å². The second kappa shape index (κ2) is 2.75. The molecule has 2 nitrogen and oxygen atoms in total. The molecule has 1 aliphatic rings. The minimum Gasteiger partial charge on any atom is -0.469 e. The molecule has 0 heterocycles. The van der Waals surface area contributed by atoms with Crippen LogP contribution in [0, 0.1) is 5.92 Å². The summed E-state index contributed by atoms with van der Waals surface area (Å²) in [5.41, 5.74) is 0. The van der Waals surface area contributed by atoms with Crippen molar-refractivity contribution < 1.29 is 18.3 Å². The number of hydrogen-bond acceptors (Lipinski definition) is 2. The van der Waals surface area contributed by atoms with E-state index in [2.05, 4.69) is 4.74 Å². The van der Waals surface area contributed by atoms with Crippen LogP contribution in [0.1, 0.15) is 19.3 Å². The van der Waals surface area contributed by atoms with E-state index < -0.39 is 17.8 Å². The molecule has 1 fully saturated rings. The van der Waals surface area contributed by atoms with Gasteiger partial charge in [0, 0.05) is 12.8 Å². The number of carbonyl (C=O) groups excluding carboxylic acids is 1. The lowest BCUT2D eigenvalue weighted by atomic mass is 10.1. The second-order valence-corrected chi connectivity index (χ2v) is 2.82. The largest absolute Gasteiger partial charge is 0.469 e. The van der Waals surface area contributed by atoms with E-state index in [1.54, 1.807) is 0 Å². The maximum Gasteiger partial charge on any atom is 0.308 e. The molecule has 64 valence electrons. The van der Waals surface area contributed by atoms with Gasteiger partial charge in [0.2, 0.25) is 5.92 Å². The van der Waals surface area contributed by atoms with E-state index >= 15 is 0 Å². The first kappa shape index (κ1) is 8.43. The highest BCUT2D eigenvalue weighted by Gasteiger charge is 2.42. The van der Waals surface area contributed by atoms with Gasteiger partial charge in [-0.05, 0) is 6.42 Å². The Morgan fingerprint density at radius 1 is 1.64 bits per heavy atom. The molecular formula is C7H10F2O2. The summed E-state index contributed by atoms with van der Waals surface area (Å²) in [4.78, 5) is 10.7. The van der Waals surface area contributed by atoms with Gasteiger partial charge in [0.25, 0.3) is 0 Å². The SMILES string of the molecule is COC(=O)C1CCC(F)(F)C1. The molecule has 1 aliphatic carbocycles. The number of ether oxygens (including phenoxy) is 1. The Hall–Kier alpha value is -0.670. The van der Waals surface area contributed by atoms with Crippen LogP contribution in [0.4, 0.5) is 8.78 Å². The van der Waals surface area contributed by atoms with E-state index in [1.165, 1.54) is 7.11 Å². The lowest BCUT2D eigenvalue weighted by Gasteiger charge is -2.07. The summed E-state index contributed by atoms with van der Waals surface area (Å²) in [6, 6.07) is 0. The van der Waals surface area contributed by atoms with Crippen molar-refractivity contribution >= 4 is 5.97 Å². The number of halogens is 2. The average Bonchev–Trinajstić information content (AvgIpc) is 2.29. The topological polar surface area (TPSA) is 26.3 Å². The van der Waals surface area contributed by atoms with Crippen molar-refractivity contribution in [2.24, 2.45) is 5.92 Å². The Balaban J connectivity index is 2.48. The lowest BCUT2D eigenvalue weighted by Crippen LogP contribution is -2.16. The van der Waals surface area contributed by atoms with E-state index in [1.807, 2.05) is 0 Å². The molecule has 0 aromatic heterocycles. The van der Waals surface area contributed by atoms with Crippen molar-refractivity contribution in [3.05, 3.63) is 0 Å². The van der Waals surface area contributed by atoms with Crippen LogP contribution in [0.15, 0.2) is 0 Å². The molecule has 1 rings (SSSR count). The van der Waals surface area contributed by atoms with Gasteiger partial charge in [-0.3, -0.25) is 4.79 Å². The first-order valence-corrected chi connectivity index (χ1v) is 3.51. The zero-order valence-corrected chi connectivity index (χ0v) is 6.27. The molecule has 0 amide bonds. The Morgan fingerprint density at radius 3 is 2.64 bits per heavy atom. The summed E-state index contributed by atoms with van der Waals surface area (Å²) in [5.74, 6) is -3.75. The molecular weight excluding hydrogens is 154 g/mol. The molecule has 4 heteroatoms. The fraction of sp³-hybridized carbons (Fsp3) is 0.857. The van der Waals surface area contributed by atoms with Crippen LogP contribution in [-0.2, 0) is 9.53 Å². The number of esters is 1. The fourth-order valence-electron chi connectivity index (χ4n) is 1.32. The third kappa shape index (κ3) is 1.88. The van der Waals surface area contributed by atoms with Crippen LogP contribution in [0.5, 0.6) is 0 Å². The minimum absolute atomic E-state index is 0.188. The number of carbonyl (C=O) groups is 1. The number of methoxy groups -OCH3 is 1. The quantitative estimate of drug-likeness (QED) is 0.550. The Kier molecular flexibility index (Phi) is 2.11. The van der Waals surface area contributed by atoms with Gasteiger partial charge in [-0.25, -0.2) is 8.78 Å². The molecule has 1 unspecified atom stereocenters. The molecule has 1 saturated carbocycles. The predicted molar refractivity (Wildman–Crippen MR) is 34.3 cm³/mol. The molecule has 0 N–H and O–H groups in total. The van der Waals surface area contributed by atoms with E-state index in [4.69, 9.17) is 0 Å². The number of alkyl halides is 2. The molecule has 1 atom stereocenters. The Morgan fingerprint density at radius 2 is 2.27 bits per heavy atom.